The third kappa shape index (κ3) is 7.29. The van der Waals surface area contributed by atoms with Gasteiger partial charge in [-0.05, 0) is 110 Å². The zero-order chi connectivity index (χ0) is 47.4. The van der Waals surface area contributed by atoms with Crippen molar-refractivity contribution < 1.29 is 62.1 Å². The van der Waals surface area contributed by atoms with Gasteiger partial charge in [-0.2, -0.15) is 5.26 Å². The number of piperazine rings is 1. The lowest BCUT2D eigenvalue weighted by atomic mass is 9.71. The lowest BCUT2D eigenvalue weighted by Gasteiger charge is -2.62. The highest BCUT2D eigenvalue weighted by molar-refractivity contribution is 7.99. The molecule has 3 aromatic rings. The molecule has 7 aliphatic rings. The maximum Gasteiger partial charge on any atom is 0.514 e. The van der Waals surface area contributed by atoms with Crippen molar-refractivity contribution in [2.45, 2.75) is 120 Å². The number of methoxy groups -OCH3 is 2. The van der Waals surface area contributed by atoms with Crippen molar-refractivity contribution >= 4 is 30.0 Å². The van der Waals surface area contributed by atoms with Crippen molar-refractivity contribution in [3.63, 3.8) is 0 Å². The molecule has 4 bridgehead atoms. The van der Waals surface area contributed by atoms with Gasteiger partial charge in [0.25, 0.3) is 0 Å². The SMILES string of the molecule is COc1cc2c(cc1OC(=O)OC(C)(C)C)CCN[C@]21CS[C@@H]2c3c(OC(=O)OC(C)(C)C)c(C)c4c(c3[C@H](COC1=O)N1C2[C@H]2c3c(cc(C)c(OC)c3O)C[C@@H]([C@@H]1C#N)N2C)OCO4. The molecule has 0 saturated carbocycles. The number of ether oxygens (including phenoxy) is 9. The van der Waals surface area contributed by atoms with Crippen LogP contribution in [0.15, 0.2) is 18.2 Å². The van der Waals surface area contributed by atoms with Crippen molar-refractivity contribution in [3.05, 3.63) is 62.7 Å². The molecule has 7 heterocycles. The van der Waals surface area contributed by atoms with E-state index in [1.165, 1.54) is 26.0 Å². The van der Waals surface area contributed by atoms with E-state index in [1.54, 1.807) is 60.6 Å². The first kappa shape index (κ1) is 45.5. The van der Waals surface area contributed by atoms with E-state index < -0.39 is 64.4 Å². The van der Waals surface area contributed by atoms with Crippen molar-refractivity contribution in [1.82, 2.24) is 15.1 Å². The molecule has 18 heteroatoms. The largest absolute Gasteiger partial charge is 0.514 e. The molecule has 17 nitrogen and oxygen atoms in total. The molecule has 0 aliphatic carbocycles. The fourth-order valence-electron chi connectivity index (χ4n) is 10.8. The van der Waals surface area contributed by atoms with Crippen LogP contribution in [0.2, 0.25) is 0 Å². The molecule has 1 unspecified atom stereocenters. The van der Waals surface area contributed by atoms with E-state index in [1.807, 2.05) is 20.0 Å². The number of thioether (sulfide) groups is 1. The zero-order valence-electron chi connectivity index (χ0n) is 39.0. The number of hydrogen-bond acceptors (Lipinski definition) is 18. The van der Waals surface area contributed by atoms with Gasteiger partial charge in [-0.3, -0.25) is 15.1 Å². The van der Waals surface area contributed by atoms with E-state index in [0.29, 0.717) is 64.5 Å². The van der Waals surface area contributed by atoms with E-state index >= 15 is 4.79 Å². The van der Waals surface area contributed by atoms with Gasteiger partial charge in [-0.15, -0.1) is 11.8 Å². The number of rotatable bonds is 4. The molecule has 3 aromatic carbocycles. The number of esters is 1. The summed E-state index contributed by atoms with van der Waals surface area (Å²) in [5, 5.41) is 26.4. The highest BCUT2D eigenvalue weighted by atomic mass is 32.2. The Morgan fingerprint density at radius 1 is 0.909 bits per heavy atom. The van der Waals surface area contributed by atoms with Gasteiger partial charge >= 0.3 is 18.3 Å². The molecular weight excluding hydrogens is 873 g/mol. The highest BCUT2D eigenvalue weighted by Crippen LogP contribution is 2.65. The van der Waals surface area contributed by atoms with Crippen LogP contribution in [0.5, 0.6) is 40.2 Å². The zero-order valence-corrected chi connectivity index (χ0v) is 39.9. The smallest absolute Gasteiger partial charge is 0.504 e. The van der Waals surface area contributed by atoms with Crippen molar-refractivity contribution in [3.8, 4) is 46.3 Å². The third-order valence-corrected chi connectivity index (χ3v) is 14.8. The first-order chi connectivity index (χ1) is 31.2. The molecule has 10 rings (SSSR count). The van der Waals surface area contributed by atoms with E-state index in [2.05, 4.69) is 21.2 Å². The lowest BCUT2D eigenvalue weighted by Crippen LogP contribution is -2.69. The van der Waals surface area contributed by atoms with E-state index in [9.17, 15) is 20.0 Å². The number of nitrogens with one attached hydrogen (secondary N) is 1. The minimum absolute atomic E-state index is 0.00529. The van der Waals surface area contributed by atoms with Gasteiger partial charge < -0.3 is 47.7 Å². The number of benzene rings is 3. The van der Waals surface area contributed by atoms with Crippen LogP contribution >= 0.6 is 11.8 Å². The summed E-state index contributed by atoms with van der Waals surface area (Å²) >= 11 is 1.43. The molecule has 2 saturated heterocycles. The Kier molecular flexibility index (Phi) is 11.3. The Morgan fingerprint density at radius 3 is 2.27 bits per heavy atom. The summed E-state index contributed by atoms with van der Waals surface area (Å²) in [7, 11) is 4.94. The highest BCUT2D eigenvalue weighted by Gasteiger charge is 2.62. The average Bonchev–Trinajstić information content (AvgIpc) is 3.73. The van der Waals surface area contributed by atoms with E-state index in [4.69, 9.17) is 42.6 Å². The topological polar surface area (TPSA) is 197 Å². The average molecular weight is 929 g/mol. The van der Waals surface area contributed by atoms with Gasteiger partial charge in [0.1, 0.15) is 29.6 Å². The number of hydrogen-bond donors (Lipinski definition) is 2. The molecule has 0 radical (unpaired) electrons. The predicted molar refractivity (Wildman–Crippen MR) is 239 cm³/mol. The van der Waals surface area contributed by atoms with Crippen LogP contribution in [0.1, 0.15) is 103 Å². The Morgan fingerprint density at radius 2 is 1.61 bits per heavy atom. The number of nitriles is 1. The molecule has 66 heavy (non-hydrogen) atoms. The number of phenols is 1. The molecule has 7 aliphatic heterocycles. The Bertz CT molecular complexity index is 2580. The number of carbonyl (C=O) groups excluding carboxylic acids is 3. The van der Waals surface area contributed by atoms with Crippen LogP contribution in [0.3, 0.4) is 0 Å². The molecular formula is C48H56N4O13S. The van der Waals surface area contributed by atoms with Crippen LogP contribution in [0, 0.1) is 25.2 Å². The second kappa shape index (κ2) is 16.3. The van der Waals surface area contributed by atoms with E-state index in [-0.39, 0.29) is 48.2 Å². The molecule has 352 valence electrons. The van der Waals surface area contributed by atoms with Crippen LogP contribution < -0.4 is 33.7 Å². The van der Waals surface area contributed by atoms with Crippen LogP contribution in [-0.2, 0) is 37.4 Å². The number of likely N-dealkylation sites (N-methyl/N-ethyl adjacent to an activating group) is 1. The summed E-state index contributed by atoms with van der Waals surface area (Å²) in [6, 6.07) is 4.93. The van der Waals surface area contributed by atoms with Gasteiger partial charge in [0.05, 0.1) is 37.6 Å². The molecule has 1 spiro atoms. The second-order valence-electron chi connectivity index (χ2n) is 19.6. The fraction of sp³-hybridized carbons (Fsp3) is 0.542. The minimum Gasteiger partial charge on any atom is -0.504 e. The van der Waals surface area contributed by atoms with Crippen LogP contribution in [-0.4, -0.2) is 109 Å². The molecule has 0 amide bonds. The Balaban J connectivity index is 1.27. The molecule has 2 N–H and O–H groups in total. The van der Waals surface area contributed by atoms with E-state index in [0.717, 1.165) is 16.7 Å². The third-order valence-electron chi connectivity index (χ3n) is 13.3. The van der Waals surface area contributed by atoms with Crippen molar-refractivity contribution in [1.29, 1.82) is 5.26 Å². The van der Waals surface area contributed by atoms with Gasteiger partial charge in [0.2, 0.25) is 6.79 Å². The number of phenolic OH excluding ortho intramolecular Hbond substituents is 1. The number of carbonyl (C=O) groups is 3. The first-order valence-electron chi connectivity index (χ1n) is 22.0. The normalized spacial score (nSPS) is 26.4. The first-order valence-corrected chi connectivity index (χ1v) is 23.1. The summed E-state index contributed by atoms with van der Waals surface area (Å²) in [4.78, 5) is 46.2. The van der Waals surface area contributed by atoms with Crippen LogP contribution in [0.25, 0.3) is 0 Å². The van der Waals surface area contributed by atoms with Gasteiger partial charge in [-0.1, -0.05) is 6.07 Å². The maximum atomic E-state index is 15.2. The maximum absolute atomic E-state index is 15.2. The van der Waals surface area contributed by atoms with Crippen molar-refractivity contribution in [2.75, 3.05) is 47.0 Å². The van der Waals surface area contributed by atoms with Gasteiger partial charge in [0, 0.05) is 46.6 Å². The number of nitrogens with zero attached hydrogens (tertiary/aromatic N) is 3. The summed E-state index contributed by atoms with van der Waals surface area (Å²) in [6.07, 6.45) is -0.916. The molecule has 7 atom stereocenters. The number of fused-ring (bicyclic) bond motifs is 9. The quantitative estimate of drug-likeness (QED) is 0.154. The van der Waals surface area contributed by atoms with Crippen LogP contribution in [0.4, 0.5) is 9.59 Å². The standard InChI is InChI=1S/C48H56N4O13S/c1-22-14-25-15-27-28(18-49)52-29-19-59-43(54)48(26-17-30(57-10)31(16-24(26)12-13-50-48)62-44(55)64-46(3,4)5)20-66-42(36(52)35(51(27)9)32(25)37(53)38(22)58-11)34-33(29)41-40(60-21-61-41)23(2)39(34)63-45(56)65-47(6,7)8/h14,16-17,27-29,35-36,42,50,53H,12-13,15,19-21H2,1-11H3/t27-,28-,29-,35+,36?,42+,48+/m0/s1. The monoisotopic (exact) mass is 928 g/mol. The number of aromatic hydroxyl groups is 1. The van der Waals surface area contributed by atoms with Gasteiger partial charge in [-0.25, -0.2) is 14.4 Å². The predicted octanol–water partition coefficient (Wildman–Crippen LogP) is 6.98. The van der Waals surface area contributed by atoms with Crippen molar-refractivity contribution in [2.24, 2.45) is 0 Å². The summed E-state index contributed by atoms with van der Waals surface area (Å²) in [6.45, 7) is 14.1. The minimum atomic E-state index is -1.49. The Hall–Kier alpha value is -5.61. The second-order valence-corrected chi connectivity index (χ2v) is 20.7. The molecule has 2 fully saturated rings. The van der Waals surface area contributed by atoms with Gasteiger partial charge in [0.15, 0.2) is 40.0 Å². The Labute approximate surface area is 387 Å². The summed E-state index contributed by atoms with van der Waals surface area (Å²) < 4.78 is 53.8. The number of aryl methyl sites for hydroxylation is 1. The summed E-state index contributed by atoms with van der Waals surface area (Å²) in [5.41, 5.74) is 2.09. The fourth-order valence-corrected chi connectivity index (χ4v) is 12.5. The lowest BCUT2D eigenvalue weighted by molar-refractivity contribution is -0.157. The summed E-state index contributed by atoms with van der Waals surface area (Å²) in [5.74, 6) is 1.14. The molecule has 0 aromatic heterocycles.